The topological polar surface area (TPSA) is 89.5 Å². The highest BCUT2D eigenvalue weighted by atomic mass is 35.5. The fourth-order valence-electron chi connectivity index (χ4n) is 3.22. The second-order valence-electron chi connectivity index (χ2n) is 6.05. The average Bonchev–Trinajstić information content (AvgIpc) is 2.67. The van der Waals surface area contributed by atoms with E-state index in [1.54, 1.807) is 31.1 Å². The van der Waals surface area contributed by atoms with Gasteiger partial charge in [-0.25, -0.2) is 19.7 Å². The highest BCUT2D eigenvalue weighted by Gasteiger charge is 2.37. The maximum absolute atomic E-state index is 12.6. The molecule has 0 aliphatic carbocycles. The molecule has 8 nitrogen and oxygen atoms in total. The Morgan fingerprint density at radius 2 is 2.19 bits per heavy atom. The number of rotatable bonds is 5. The summed E-state index contributed by atoms with van der Waals surface area (Å²) in [6.45, 7) is 4.14. The smallest absolute Gasteiger partial charge is 0.414 e. The number of nitrogens with zero attached hydrogens (tertiary/aromatic N) is 4. The highest BCUT2D eigenvalue weighted by Crippen LogP contribution is 2.40. The quantitative estimate of drug-likeness (QED) is 0.774. The van der Waals surface area contributed by atoms with Crippen LogP contribution < -0.4 is 15.0 Å². The number of ether oxygens (including phenoxy) is 2. The summed E-state index contributed by atoms with van der Waals surface area (Å²) < 4.78 is 10.5. The van der Waals surface area contributed by atoms with Gasteiger partial charge in [-0.3, -0.25) is 4.90 Å². The predicted molar refractivity (Wildman–Crippen MR) is 102 cm³/mol. The molecule has 0 spiro atoms. The Morgan fingerprint density at radius 1 is 1.37 bits per heavy atom. The summed E-state index contributed by atoms with van der Waals surface area (Å²) in [5, 5.41) is 3.70. The van der Waals surface area contributed by atoms with Crippen LogP contribution in [0.2, 0.25) is 5.15 Å². The van der Waals surface area contributed by atoms with E-state index in [9.17, 15) is 4.79 Å². The molecule has 1 aliphatic heterocycles. The van der Waals surface area contributed by atoms with Crippen molar-refractivity contribution in [1.82, 2.24) is 15.0 Å². The predicted octanol–water partition coefficient (Wildman–Crippen LogP) is 3.83. The van der Waals surface area contributed by atoms with E-state index < -0.39 is 0 Å². The molecule has 0 bridgehead atoms. The number of carbonyl (C=O) groups excluding carboxylic acids is 1. The van der Waals surface area contributed by atoms with Gasteiger partial charge in [-0.05, 0) is 25.8 Å². The van der Waals surface area contributed by atoms with E-state index in [1.807, 2.05) is 13.0 Å². The molecule has 9 heteroatoms. The Morgan fingerprint density at radius 3 is 2.85 bits per heavy atom. The Labute approximate surface area is 162 Å². The minimum Gasteiger partial charge on any atom is -0.481 e. The summed E-state index contributed by atoms with van der Waals surface area (Å²) in [6, 6.07) is 5.02. The molecule has 3 heterocycles. The number of hydrogen-bond acceptors (Lipinski definition) is 7. The van der Waals surface area contributed by atoms with Crippen LogP contribution in [0.4, 0.5) is 16.3 Å². The van der Waals surface area contributed by atoms with Crippen LogP contribution in [0.25, 0.3) is 0 Å². The van der Waals surface area contributed by atoms with Gasteiger partial charge in [0.2, 0.25) is 5.88 Å². The van der Waals surface area contributed by atoms with E-state index in [4.69, 9.17) is 21.1 Å². The van der Waals surface area contributed by atoms with E-state index in [2.05, 4.69) is 20.3 Å². The molecule has 2 atom stereocenters. The summed E-state index contributed by atoms with van der Waals surface area (Å²) in [4.78, 5) is 27.0. The first-order valence-corrected chi connectivity index (χ1v) is 9.20. The van der Waals surface area contributed by atoms with Crippen LogP contribution in [0.5, 0.6) is 5.88 Å². The minimum absolute atomic E-state index is 0.0402. The van der Waals surface area contributed by atoms with Gasteiger partial charge >= 0.3 is 6.09 Å². The highest BCUT2D eigenvalue weighted by molar-refractivity contribution is 6.29. The van der Waals surface area contributed by atoms with Crippen LogP contribution in [0.1, 0.15) is 38.4 Å². The summed E-state index contributed by atoms with van der Waals surface area (Å²) in [5.74, 6) is 1.06. The summed E-state index contributed by atoms with van der Waals surface area (Å²) in [6.07, 6.45) is 2.44. The molecule has 1 amide bonds. The summed E-state index contributed by atoms with van der Waals surface area (Å²) >= 11 is 5.97. The molecule has 1 aliphatic rings. The SMILES string of the molecule is CCOC(=O)N1c2ccc(OC)nc2[C@@H](Nc2cc(Cl)ncn2)C[C@H]1CC. The van der Waals surface area contributed by atoms with Crippen molar-refractivity contribution in [2.45, 2.75) is 38.8 Å². The molecule has 0 saturated carbocycles. The van der Waals surface area contributed by atoms with E-state index in [1.165, 1.54) is 6.33 Å². The molecule has 2 aromatic rings. The van der Waals surface area contributed by atoms with Crippen LogP contribution in [-0.4, -0.2) is 40.8 Å². The lowest BCUT2D eigenvalue weighted by Gasteiger charge is -2.39. The van der Waals surface area contributed by atoms with E-state index >= 15 is 0 Å². The van der Waals surface area contributed by atoms with Gasteiger partial charge in [-0.2, -0.15) is 0 Å². The van der Waals surface area contributed by atoms with Crippen LogP contribution in [0.15, 0.2) is 24.5 Å². The Balaban J connectivity index is 2.02. The standard InChI is InChI=1S/C18H22ClN5O3/c1-4-11-8-12(22-15-9-14(19)20-10-21-15)17-13(6-7-16(23-17)26-3)24(11)18(25)27-5-2/h6-7,9-12H,4-5,8H2,1-3H3,(H,20,21,22)/t11-,12+/m1/s1. The molecule has 0 aromatic carbocycles. The Kier molecular flexibility index (Phi) is 5.95. The average molecular weight is 392 g/mol. The van der Waals surface area contributed by atoms with Crippen LogP contribution >= 0.6 is 11.6 Å². The van der Waals surface area contributed by atoms with E-state index in [-0.39, 0.29) is 18.2 Å². The van der Waals surface area contributed by atoms with Gasteiger partial charge in [-0.15, -0.1) is 0 Å². The number of halogens is 1. The molecule has 0 fully saturated rings. The third kappa shape index (κ3) is 4.05. The van der Waals surface area contributed by atoms with Gasteiger partial charge < -0.3 is 14.8 Å². The largest absolute Gasteiger partial charge is 0.481 e. The normalized spacial score (nSPS) is 18.6. The number of amides is 1. The molecule has 0 radical (unpaired) electrons. The number of hydrogen-bond donors (Lipinski definition) is 1. The molecule has 144 valence electrons. The van der Waals surface area contributed by atoms with Gasteiger partial charge in [0, 0.05) is 18.2 Å². The Hall–Kier alpha value is -2.61. The van der Waals surface area contributed by atoms with Crippen LogP contribution in [0, 0.1) is 0 Å². The molecule has 2 aromatic heterocycles. The van der Waals surface area contributed by atoms with Gasteiger partial charge in [0.05, 0.1) is 31.1 Å². The number of aromatic nitrogens is 3. The maximum atomic E-state index is 12.6. The van der Waals surface area contributed by atoms with Crippen LogP contribution in [-0.2, 0) is 4.74 Å². The van der Waals surface area contributed by atoms with Gasteiger partial charge in [0.15, 0.2) is 0 Å². The molecular formula is C18H22ClN5O3. The zero-order chi connectivity index (χ0) is 19.4. The third-order valence-electron chi connectivity index (χ3n) is 4.44. The molecular weight excluding hydrogens is 370 g/mol. The lowest BCUT2D eigenvalue weighted by atomic mass is 9.93. The monoisotopic (exact) mass is 391 g/mol. The van der Waals surface area contributed by atoms with E-state index in [0.717, 1.165) is 6.42 Å². The molecule has 1 N–H and O–H groups in total. The Bertz CT molecular complexity index is 819. The maximum Gasteiger partial charge on any atom is 0.414 e. The van der Waals surface area contributed by atoms with Gasteiger partial charge in [0.25, 0.3) is 0 Å². The fraction of sp³-hybridized carbons (Fsp3) is 0.444. The van der Waals surface area contributed by atoms with Crippen molar-refractivity contribution in [2.24, 2.45) is 0 Å². The van der Waals surface area contributed by atoms with Gasteiger partial charge in [-0.1, -0.05) is 18.5 Å². The van der Waals surface area contributed by atoms with Crippen molar-refractivity contribution >= 4 is 29.2 Å². The minimum atomic E-state index is -0.374. The first kappa shape index (κ1) is 19.2. The third-order valence-corrected chi connectivity index (χ3v) is 4.65. The summed E-state index contributed by atoms with van der Waals surface area (Å²) in [5.41, 5.74) is 1.40. The van der Waals surface area contributed by atoms with Crippen molar-refractivity contribution in [3.8, 4) is 5.88 Å². The number of carbonyl (C=O) groups is 1. The summed E-state index contributed by atoms with van der Waals surface area (Å²) in [7, 11) is 1.56. The number of pyridine rings is 1. The molecule has 27 heavy (non-hydrogen) atoms. The van der Waals surface area contributed by atoms with Crippen LogP contribution in [0.3, 0.4) is 0 Å². The zero-order valence-electron chi connectivity index (χ0n) is 15.5. The van der Waals surface area contributed by atoms with Crippen molar-refractivity contribution in [3.63, 3.8) is 0 Å². The molecule has 0 unspecified atom stereocenters. The first-order valence-electron chi connectivity index (χ1n) is 8.82. The van der Waals surface area contributed by atoms with Crippen molar-refractivity contribution in [2.75, 3.05) is 23.9 Å². The molecule has 3 rings (SSSR count). The number of methoxy groups -OCH3 is 1. The number of nitrogens with one attached hydrogen (secondary N) is 1. The van der Waals surface area contributed by atoms with Crippen molar-refractivity contribution in [1.29, 1.82) is 0 Å². The zero-order valence-corrected chi connectivity index (χ0v) is 16.2. The van der Waals surface area contributed by atoms with Gasteiger partial charge in [0.1, 0.15) is 17.3 Å². The fourth-order valence-corrected chi connectivity index (χ4v) is 3.36. The lowest BCUT2D eigenvalue weighted by molar-refractivity contribution is 0.155. The van der Waals surface area contributed by atoms with E-state index in [0.29, 0.717) is 41.3 Å². The first-order chi connectivity index (χ1) is 13.1. The van der Waals surface area contributed by atoms with Crippen molar-refractivity contribution in [3.05, 3.63) is 35.4 Å². The lowest BCUT2D eigenvalue weighted by Crippen LogP contribution is -2.46. The number of anilines is 2. The van der Waals surface area contributed by atoms with Crippen molar-refractivity contribution < 1.29 is 14.3 Å². The second kappa shape index (κ2) is 8.39. The number of fused-ring (bicyclic) bond motifs is 1. The molecule has 0 saturated heterocycles. The second-order valence-corrected chi connectivity index (χ2v) is 6.43.